The predicted molar refractivity (Wildman–Crippen MR) is 76.4 cm³/mol. The van der Waals surface area contributed by atoms with Gasteiger partial charge >= 0.3 is 5.97 Å². The summed E-state index contributed by atoms with van der Waals surface area (Å²) >= 11 is 0. The van der Waals surface area contributed by atoms with Crippen molar-refractivity contribution in [2.24, 2.45) is 5.73 Å². The molecule has 4 N–H and O–H groups in total. The molecule has 1 aromatic carbocycles. The molecule has 1 heterocycles. The number of primary amides is 1. The van der Waals surface area contributed by atoms with E-state index in [0.29, 0.717) is 29.9 Å². The lowest BCUT2D eigenvalue weighted by atomic mass is 10.1. The first-order valence-electron chi connectivity index (χ1n) is 6.67. The van der Waals surface area contributed by atoms with Crippen molar-refractivity contribution >= 4 is 23.3 Å². The minimum atomic E-state index is -0.440. The van der Waals surface area contributed by atoms with Crippen molar-refractivity contribution in [1.82, 2.24) is 0 Å². The van der Waals surface area contributed by atoms with Gasteiger partial charge in [-0.25, -0.2) is 4.79 Å². The van der Waals surface area contributed by atoms with Gasteiger partial charge in [0.25, 0.3) is 0 Å². The van der Waals surface area contributed by atoms with Crippen molar-refractivity contribution in [1.29, 1.82) is 0 Å². The van der Waals surface area contributed by atoms with Crippen LogP contribution in [0.5, 0.6) is 0 Å². The average molecular weight is 277 g/mol. The maximum Gasteiger partial charge on any atom is 0.340 e. The highest BCUT2D eigenvalue weighted by atomic mass is 16.5. The molecule has 1 unspecified atom stereocenters. The lowest BCUT2D eigenvalue weighted by Gasteiger charge is -2.27. The molecule has 0 spiro atoms. The molecule has 108 valence electrons. The number of rotatable bonds is 4. The Morgan fingerprint density at radius 2 is 2.20 bits per heavy atom. The van der Waals surface area contributed by atoms with E-state index >= 15 is 0 Å². The normalized spacial score (nSPS) is 18.1. The molecule has 1 fully saturated rings. The van der Waals surface area contributed by atoms with Crippen molar-refractivity contribution in [3.63, 3.8) is 0 Å². The summed E-state index contributed by atoms with van der Waals surface area (Å²) in [4.78, 5) is 25.4. The summed E-state index contributed by atoms with van der Waals surface area (Å²) in [6, 6.07) is 4.63. The van der Waals surface area contributed by atoms with Gasteiger partial charge in [0.05, 0.1) is 23.5 Å². The first kappa shape index (κ1) is 14.2. The van der Waals surface area contributed by atoms with Crippen LogP contribution in [0.2, 0.25) is 0 Å². The van der Waals surface area contributed by atoms with Crippen molar-refractivity contribution in [3.05, 3.63) is 23.8 Å². The summed E-state index contributed by atoms with van der Waals surface area (Å²) in [5.74, 6) is -0.842. The topological polar surface area (TPSA) is 98.7 Å². The number of nitrogens with zero attached hydrogens (tertiary/aromatic N) is 1. The van der Waals surface area contributed by atoms with Gasteiger partial charge in [-0.1, -0.05) is 6.07 Å². The smallest absolute Gasteiger partial charge is 0.340 e. The first-order chi connectivity index (χ1) is 9.56. The van der Waals surface area contributed by atoms with E-state index in [4.69, 9.17) is 16.2 Å². The maximum absolute atomic E-state index is 12.0. The molecule has 6 nitrogen and oxygen atoms in total. The largest absolute Gasteiger partial charge is 0.462 e. The minimum Gasteiger partial charge on any atom is -0.462 e. The second-order valence-electron chi connectivity index (χ2n) is 4.72. The van der Waals surface area contributed by atoms with Crippen LogP contribution in [0, 0.1) is 0 Å². The fourth-order valence-corrected chi connectivity index (χ4v) is 2.59. The molecule has 2 rings (SSSR count). The third-order valence-electron chi connectivity index (χ3n) is 3.43. The monoisotopic (exact) mass is 277 g/mol. The van der Waals surface area contributed by atoms with Crippen LogP contribution in [0.25, 0.3) is 0 Å². The van der Waals surface area contributed by atoms with Crippen LogP contribution < -0.4 is 16.4 Å². The summed E-state index contributed by atoms with van der Waals surface area (Å²) < 4.78 is 5.04. The van der Waals surface area contributed by atoms with Crippen molar-refractivity contribution < 1.29 is 14.3 Å². The highest BCUT2D eigenvalue weighted by molar-refractivity contribution is 6.00. The molecule has 1 saturated heterocycles. The molecule has 0 aliphatic carbocycles. The SMILES string of the molecule is CCOC(=O)c1cccc(N)c1N1CCCC1C(N)=O. The Kier molecular flexibility index (Phi) is 4.12. The summed E-state index contributed by atoms with van der Waals surface area (Å²) in [7, 11) is 0. The molecular formula is C14H19N3O3. The number of hydrogen-bond donors (Lipinski definition) is 2. The Bertz CT molecular complexity index is 530. The fraction of sp³-hybridized carbons (Fsp3) is 0.429. The van der Waals surface area contributed by atoms with Crippen LogP contribution in [0.3, 0.4) is 0 Å². The Morgan fingerprint density at radius 1 is 1.45 bits per heavy atom. The molecular weight excluding hydrogens is 258 g/mol. The summed E-state index contributed by atoms with van der Waals surface area (Å²) in [6.07, 6.45) is 1.51. The van der Waals surface area contributed by atoms with E-state index < -0.39 is 17.9 Å². The van der Waals surface area contributed by atoms with Crippen LogP contribution in [-0.4, -0.2) is 31.1 Å². The van der Waals surface area contributed by atoms with Gasteiger partial charge in [0.2, 0.25) is 5.91 Å². The molecule has 1 amide bonds. The lowest BCUT2D eigenvalue weighted by Crippen LogP contribution is -2.41. The van der Waals surface area contributed by atoms with Gasteiger partial charge in [0.15, 0.2) is 0 Å². The summed E-state index contributed by atoms with van der Waals surface area (Å²) in [5, 5.41) is 0. The highest BCUT2D eigenvalue weighted by Crippen LogP contribution is 2.34. The van der Waals surface area contributed by atoms with Crippen LogP contribution >= 0.6 is 0 Å². The number of amides is 1. The van der Waals surface area contributed by atoms with Gasteiger partial charge in [-0.15, -0.1) is 0 Å². The van der Waals surface area contributed by atoms with Crippen LogP contribution in [0.1, 0.15) is 30.1 Å². The third kappa shape index (κ3) is 2.54. The number of ether oxygens (including phenoxy) is 1. The van der Waals surface area contributed by atoms with E-state index in [0.717, 1.165) is 6.42 Å². The Balaban J connectivity index is 2.44. The van der Waals surface area contributed by atoms with Gasteiger partial charge in [-0.3, -0.25) is 4.79 Å². The van der Waals surface area contributed by atoms with Gasteiger partial charge < -0.3 is 21.1 Å². The summed E-state index contributed by atoms with van der Waals surface area (Å²) in [5.41, 5.74) is 12.8. The number of carbonyl (C=O) groups excluding carboxylic acids is 2. The number of anilines is 2. The number of para-hydroxylation sites is 1. The second kappa shape index (κ2) is 5.81. The van der Waals surface area contributed by atoms with Gasteiger partial charge in [-0.05, 0) is 31.9 Å². The number of benzene rings is 1. The predicted octanol–water partition coefficient (Wildman–Crippen LogP) is 0.900. The van der Waals surface area contributed by atoms with Gasteiger partial charge in [0, 0.05) is 6.54 Å². The van der Waals surface area contributed by atoms with E-state index in [-0.39, 0.29) is 6.61 Å². The molecule has 0 bridgehead atoms. The third-order valence-corrected chi connectivity index (χ3v) is 3.43. The van der Waals surface area contributed by atoms with E-state index in [1.165, 1.54) is 0 Å². The fourth-order valence-electron chi connectivity index (χ4n) is 2.59. The molecule has 0 radical (unpaired) electrons. The number of nitrogen functional groups attached to an aromatic ring is 1. The molecule has 20 heavy (non-hydrogen) atoms. The molecule has 1 aliphatic rings. The van der Waals surface area contributed by atoms with Crippen LogP contribution in [-0.2, 0) is 9.53 Å². The summed E-state index contributed by atoms with van der Waals surface area (Å²) in [6.45, 7) is 2.67. The van der Waals surface area contributed by atoms with E-state index in [9.17, 15) is 9.59 Å². The van der Waals surface area contributed by atoms with Gasteiger partial charge in [-0.2, -0.15) is 0 Å². The molecule has 0 aromatic heterocycles. The number of carbonyl (C=O) groups is 2. The Hall–Kier alpha value is -2.24. The molecule has 1 aliphatic heterocycles. The molecule has 6 heteroatoms. The number of nitrogens with two attached hydrogens (primary N) is 2. The standard InChI is InChI=1S/C14H19N3O3/c1-2-20-14(19)9-5-3-6-10(15)12(9)17-8-4-7-11(17)13(16)18/h3,5-6,11H,2,4,7-8,15H2,1H3,(H2,16,18). The van der Waals surface area contributed by atoms with E-state index in [2.05, 4.69) is 0 Å². The van der Waals surface area contributed by atoms with Crippen LogP contribution in [0.4, 0.5) is 11.4 Å². The zero-order valence-electron chi connectivity index (χ0n) is 11.5. The number of esters is 1. The van der Waals surface area contributed by atoms with E-state index in [1.807, 2.05) is 4.90 Å². The Morgan fingerprint density at radius 3 is 2.85 bits per heavy atom. The zero-order valence-corrected chi connectivity index (χ0v) is 11.5. The molecule has 1 atom stereocenters. The lowest BCUT2D eigenvalue weighted by molar-refractivity contribution is -0.119. The Labute approximate surface area is 117 Å². The van der Waals surface area contributed by atoms with Crippen LogP contribution in [0.15, 0.2) is 18.2 Å². The van der Waals surface area contributed by atoms with Gasteiger partial charge in [0.1, 0.15) is 6.04 Å². The average Bonchev–Trinajstić information content (AvgIpc) is 2.87. The molecule has 1 aromatic rings. The molecule has 0 saturated carbocycles. The maximum atomic E-state index is 12.0. The first-order valence-corrected chi connectivity index (χ1v) is 6.67. The van der Waals surface area contributed by atoms with Crippen molar-refractivity contribution in [2.75, 3.05) is 23.8 Å². The van der Waals surface area contributed by atoms with Crippen molar-refractivity contribution in [3.8, 4) is 0 Å². The highest BCUT2D eigenvalue weighted by Gasteiger charge is 2.33. The minimum absolute atomic E-state index is 0.284. The van der Waals surface area contributed by atoms with E-state index in [1.54, 1.807) is 25.1 Å². The number of hydrogen-bond acceptors (Lipinski definition) is 5. The second-order valence-corrected chi connectivity index (χ2v) is 4.72. The zero-order chi connectivity index (χ0) is 14.7. The quantitative estimate of drug-likeness (QED) is 0.629. The van der Waals surface area contributed by atoms with Crippen molar-refractivity contribution in [2.45, 2.75) is 25.8 Å².